The molecule has 0 unspecified atom stereocenters. The third-order valence-electron chi connectivity index (χ3n) is 3.05. The molecular weight excluding hydrogens is 307 g/mol. The van der Waals surface area contributed by atoms with Crippen molar-refractivity contribution in [3.63, 3.8) is 0 Å². The van der Waals surface area contributed by atoms with Gasteiger partial charge in [0, 0.05) is 0 Å². The van der Waals surface area contributed by atoms with Crippen LogP contribution in [-0.2, 0) is 9.84 Å². The Morgan fingerprint density at radius 1 is 1.00 bits per heavy atom. The molecule has 1 aromatic heterocycles. The van der Waals surface area contributed by atoms with Crippen molar-refractivity contribution in [3.05, 3.63) is 60.4 Å². The number of hydrogen-bond donors (Lipinski definition) is 1. The molecule has 0 bridgehead atoms. The van der Waals surface area contributed by atoms with Crippen LogP contribution in [0.1, 0.15) is 0 Å². The first-order valence-electron chi connectivity index (χ1n) is 6.27. The van der Waals surface area contributed by atoms with Gasteiger partial charge in [0.15, 0.2) is 5.82 Å². The number of hydrogen-bond acceptors (Lipinski definition) is 5. The lowest BCUT2D eigenvalue weighted by Crippen LogP contribution is -2.07. The number of nitrogens with two attached hydrogens (primary N) is 1. The summed E-state index contributed by atoms with van der Waals surface area (Å²) in [7, 11) is -3.86. The third-order valence-corrected chi connectivity index (χ3v) is 4.74. The topological polar surface area (TPSA) is 90.9 Å². The minimum atomic E-state index is -3.86. The fourth-order valence-electron chi connectivity index (χ4n) is 1.95. The van der Waals surface area contributed by atoms with Crippen LogP contribution >= 0.6 is 0 Å². The van der Waals surface area contributed by atoms with Gasteiger partial charge in [-0.3, -0.25) is 0 Å². The lowest BCUT2D eigenvalue weighted by Gasteiger charge is -2.04. The van der Waals surface area contributed by atoms with Crippen LogP contribution in [0.4, 0.5) is 10.2 Å². The quantitative estimate of drug-likeness (QED) is 0.795. The van der Waals surface area contributed by atoms with E-state index in [-0.39, 0.29) is 15.7 Å². The van der Waals surface area contributed by atoms with Gasteiger partial charge < -0.3 is 5.73 Å². The average Bonchev–Trinajstić information content (AvgIpc) is 2.91. The van der Waals surface area contributed by atoms with E-state index in [4.69, 9.17) is 5.73 Å². The number of aromatic nitrogens is 3. The maximum atomic E-state index is 12.9. The third kappa shape index (κ3) is 2.33. The molecule has 0 radical (unpaired) electrons. The first-order chi connectivity index (χ1) is 10.5. The smallest absolute Gasteiger partial charge is 0.229 e. The molecule has 3 aromatic rings. The zero-order valence-electron chi connectivity index (χ0n) is 11.2. The largest absolute Gasteiger partial charge is 0.381 e. The first-order valence-corrected chi connectivity index (χ1v) is 7.76. The second-order valence-corrected chi connectivity index (χ2v) is 6.35. The maximum Gasteiger partial charge on any atom is 0.229 e. The van der Waals surface area contributed by atoms with Crippen LogP contribution < -0.4 is 5.73 Å². The molecule has 2 N–H and O–H groups in total. The predicted octanol–water partition coefficient (Wildman–Crippen LogP) is 1.82. The van der Waals surface area contributed by atoms with Gasteiger partial charge in [0.2, 0.25) is 14.9 Å². The molecule has 112 valence electrons. The Labute approximate surface area is 125 Å². The van der Waals surface area contributed by atoms with Gasteiger partial charge >= 0.3 is 0 Å². The van der Waals surface area contributed by atoms with Crippen molar-refractivity contribution in [2.45, 2.75) is 9.92 Å². The summed E-state index contributed by atoms with van der Waals surface area (Å²) in [6.45, 7) is 0. The van der Waals surface area contributed by atoms with Crippen molar-refractivity contribution in [2.75, 3.05) is 5.73 Å². The summed E-state index contributed by atoms with van der Waals surface area (Å²) in [6, 6.07) is 13.1. The van der Waals surface area contributed by atoms with Crippen molar-refractivity contribution in [2.24, 2.45) is 0 Å². The summed E-state index contributed by atoms with van der Waals surface area (Å²) in [4.78, 5) is 0.0767. The highest BCUT2D eigenvalue weighted by Gasteiger charge is 2.26. The van der Waals surface area contributed by atoms with E-state index in [0.717, 1.165) is 4.68 Å². The van der Waals surface area contributed by atoms with Crippen molar-refractivity contribution in [3.8, 4) is 5.69 Å². The molecule has 0 amide bonds. The minimum Gasteiger partial charge on any atom is -0.381 e. The standard InChI is InChI=1S/C14H11FN4O2S/c15-10-6-8-11(9-7-10)19-13(16)14(17-18-19)22(20,21)12-4-2-1-3-5-12/h1-9H,16H2. The van der Waals surface area contributed by atoms with E-state index in [1.165, 1.54) is 36.4 Å². The molecule has 0 saturated heterocycles. The van der Waals surface area contributed by atoms with Crippen LogP contribution in [0.2, 0.25) is 0 Å². The van der Waals surface area contributed by atoms with E-state index in [9.17, 15) is 12.8 Å². The average molecular weight is 318 g/mol. The molecule has 0 saturated carbocycles. The van der Waals surface area contributed by atoms with Crippen LogP contribution in [0.5, 0.6) is 0 Å². The Bertz CT molecular complexity index is 906. The summed E-state index contributed by atoms with van der Waals surface area (Å²) in [5.41, 5.74) is 6.28. The minimum absolute atomic E-state index is 0.0767. The summed E-state index contributed by atoms with van der Waals surface area (Å²) >= 11 is 0. The van der Waals surface area contributed by atoms with Crippen LogP contribution in [-0.4, -0.2) is 23.4 Å². The highest BCUT2D eigenvalue weighted by atomic mass is 32.2. The zero-order chi connectivity index (χ0) is 15.7. The molecule has 0 aliphatic carbocycles. The van der Waals surface area contributed by atoms with Gasteiger partial charge in [0.25, 0.3) is 0 Å². The fourth-order valence-corrected chi connectivity index (χ4v) is 3.20. The summed E-state index contributed by atoms with van der Waals surface area (Å²) in [5, 5.41) is 7.09. The molecule has 0 aliphatic rings. The normalized spacial score (nSPS) is 11.5. The lowest BCUT2D eigenvalue weighted by molar-refractivity contribution is 0.592. The Hall–Kier alpha value is -2.74. The number of rotatable bonds is 3. The molecule has 8 heteroatoms. The van der Waals surface area contributed by atoms with Crippen molar-refractivity contribution in [1.29, 1.82) is 0 Å². The summed E-state index contributed by atoms with van der Waals surface area (Å²) < 4.78 is 39.1. The molecule has 3 rings (SSSR count). The predicted molar refractivity (Wildman–Crippen MR) is 77.6 cm³/mol. The fraction of sp³-hybridized carbons (Fsp3) is 0. The number of nitrogen functional groups attached to an aromatic ring is 1. The Balaban J connectivity index is 2.10. The van der Waals surface area contributed by atoms with Gasteiger partial charge in [-0.05, 0) is 36.4 Å². The second kappa shape index (κ2) is 5.23. The zero-order valence-corrected chi connectivity index (χ0v) is 12.0. The van der Waals surface area contributed by atoms with E-state index in [1.807, 2.05) is 0 Å². The van der Waals surface area contributed by atoms with E-state index < -0.39 is 15.7 Å². The van der Waals surface area contributed by atoms with Gasteiger partial charge in [-0.1, -0.05) is 23.4 Å². The summed E-state index contributed by atoms with van der Waals surface area (Å²) in [5.74, 6) is -0.546. The summed E-state index contributed by atoms with van der Waals surface area (Å²) in [6.07, 6.45) is 0. The van der Waals surface area contributed by atoms with Gasteiger partial charge in [-0.15, -0.1) is 5.10 Å². The number of sulfone groups is 1. The molecule has 0 spiro atoms. The molecule has 0 aliphatic heterocycles. The van der Waals surface area contributed by atoms with Crippen molar-refractivity contribution < 1.29 is 12.8 Å². The number of benzene rings is 2. The Kier molecular flexibility index (Phi) is 3.38. The van der Waals surface area contributed by atoms with Crippen LogP contribution in [0.15, 0.2) is 64.5 Å². The van der Waals surface area contributed by atoms with Crippen LogP contribution in [0.3, 0.4) is 0 Å². The first kappa shape index (κ1) is 14.2. The maximum absolute atomic E-state index is 12.9. The number of halogens is 1. The Morgan fingerprint density at radius 2 is 1.64 bits per heavy atom. The van der Waals surface area contributed by atoms with E-state index >= 15 is 0 Å². The highest BCUT2D eigenvalue weighted by Crippen LogP contribution is 2.25. The Morgan fingerprint density at radius 3 is 2.27 bits per heavy atom. The van der Waals surface area contributed by atoms with E-state index in [2.05, 4.69) is 10.3 Å². The van der Waals surface area contributed by atoms with Gasteiger partial charge in [0.05, 0.1) is 10.6 Å². The highest BCUT2D eigenvalue weighted by molar-refractivity contribution is 7.91. The van der Waals surface area contributed by atoms with Crippen LogP contribution in [0.25, 0.3) is 5.69 Å². The molecule has 2 aromatic carbocycles. The van der Waals surface area contributed by atoms with Crippen molar-refractivity contribution >= 4 is 15.7 Å². The molecule has 6 nitrogen and oxygen atoms in total. The lowest BCUT2D eigenvalue weighted by atomic mass is 10.3. The van der Waals surface area contributed by atoms with E-state index in [0.29, 0.717) is 5.69 Å². The molecule has 0 fully saturated rings. The molecule has 0 atom stereocenters. The van der Waals surface area contributed by atoms with Crippen LogP contribution in [0, 0.1) is 5.82 Å². The molecule has 22 heavy (non-hydrogen) atoms. The monoisotopic (exact) mass is 318 g/mol. The van der Waals surface area contributed by atoms with Gasteiger partial charge in [-0.25, -0.2) is 12.8 Å². The SMILES string of the molecule is Nc1c(S(=O)(=O)c2ccccc2)nnn1-c1ccc(F)cc1. The number of anilines is 1. The van der Waals surface area contributed by atoms with Crippen molar-refractivity contribution in [1.82, 2.24) is 15.0 Å². The van der Waals surface area contributed by atoms with E-state index in [1.54, 1.807) is 18.2 Å². The van der Waals surface area contributed by atoms with Gasteiger partial charge in [-0.2, -0.15) is 4.68 Å². The number of nitrogens with zero attached hydrogens (tertiary/aromatic N) is 3. The second-order valence-electron chi connectivity index (χ2n) is 4.48. The molecule has 1 heterocycles. The molecular formula is C14H11FN4O2S. The van der Waals surface area contributed by atoms with Gasteiger partial charge in [0.1, 0.15) is 5.82 Å².